The highest BCUT2D eigenvalue weighted by Gasteiger charge is 2.11. The van der Waals surface area contributed by atoms with Gasteiger partial charge in [0.1, 0.15) is 11.6 Å². The standard InChI is InChI=1S/C15H13FN2O2/c1-10-3-2-4-13(14(10)19)15(20)18-17-9-11-5-7-12(16)8-6-11/h2-9,19H,1H3,(H,18,20)/b17-9-. The first-order valence-electron chi connectivity index (χ1n) is 5.95. The fourth-order valence-electron chi connectivity index (χ4n) is 1.62. The number of hydrogen-bond acceptors (Lipinski definition) is 3. The van der Waals surface area contributed by atoms with Crippen molar-refractivity contribution in [2.24, 2.45) is 5.10 Å². The largest absolute Gasteiger partial charge is 0.507 e. The van der Waals surface area contributed by atoms with Crippen molar-refractivity contribution in [1.82, 2.24) is 5.43 Å². The van der Waals surface area contributed by atoms with Crippen molar-refractivity contribution in [2.45, 2.75) is 6.92 Å². The zero-order chi connectivity index (χ0) is 14.5. The molecule has 0 saturated heterocycles. The van der Waals surface area contributed by atoms with Crippen molar-refractivity contribution in [3.05, 3.63) is 65.0 Å². The van der Waals surface area contributed by atoms with Crippen molar-refractivity contribution in [3.63, 3.8) is 0 Å². The van der Waals surface area contributed by atoms with Gasteiger partial charge >= 0.3 is 0 Å². The monoisotopic (exact) mass is 272 g/mol. The van der Waals surface area contributed by atoms with E-state index in [0.717, 1.165) is 0 Å². The Morgan fingerprint density at radius 1 is 1.25 bits per heavy atom. The fraction of sp³-hybridized carbons (Fsp3) is 0.0667. The van der Waals surface area contributed by atoms with E-state index in [-0.39, 0.29) is 17.1 Å². The van der Waals surface area contributed by atoms with Crippen LogP contribution in [-0.4, -0.2) is 17.2 Å². The first kappa shape index (κ1) is 13.7. The Morgan fingerprint density at radius 3 is 2.65 bits per heavy atom. The van der Waals surface area contributed by atoms with Crippen molar-refractivity contribution >= 4 is 12.1 Å². The topological polar surface area (TPSA) is 61.7 Å². The van der Waals surface area contributed by atoms with Crippen LogP contribution in [0.5, 0.6) is 5.75 Å². The molecule has 2 N–H and O–H groups in total. The predicted octanol–water partition coefficient (Wildman–Crippen LogP) is 2.60. The van der Waals surface area contributed by atoms with Crippen molar-refractivity contribution in [2.75, 3.05) is 0 Å². The third-order valence-electron chi connectivity index (χ3n) is 2.73. The molecule has 2 aromatic carbocycles. The van der Waals surface area contributed by atoms with Crippen LogP contribution in [-0.2, 0) is 0 Å². The minimum absolute atomic E-state index is 0.0676. The molecule has 0 heterocycles. The summed E-state index contributed by atoms with van der Waals surface area (Å²) in [5, 5.41) is 13.5. The van der Waals surface area contributed by atoms with Gasteiger partial charge in [-0.2, -0.15) is 5.10 Å². The number of amides is 1. The number of benzene rings is 2. The number of aryl methyl sites for hydroxylation is 1. The lowest BCUT2D eigenvalue weighted by Crippen LogP contribution is -2.17. The van der Waals surface area contributed by atoms with Crippen LogP contribution in [0.4, 0.5) is 4.39 Å². The van der Waals surface area contributed by atoms with Gasteiger partial charge in [-0.1, -0.05) is 24.3 Å². The molecule has 0 aliphatic rings. The van der Waals surface area contributed by atoms with Crippen LogP contribution in [0, 0.1) is 12.7 Å². The van der Waals surface area contributed by atoms with E-state index in [1.807, 2.05) is 0 Å². The zero-order valence-corrected chi connectivity index (χ0v) is 10.8. The summed E-state index contributed by atoms with van der Waals surface area (Å²) in [7, 11) is 0. The predicted molar refractivity (Wildman–Crippen MR) is 74.3 cm³/mol. The van der Waals surface area contributed by atoms with Crippen LogP contribution < -0.4 is 5.43 Å². The molecule has 0 fully saturated rings. The van der Waals surface area contributed by atoms with Crippen LogP contribution in [0.25, 0.3) is 0 Å². The van der Waals surface area contributed by atoms with Gasteiger partial charge in [0, 0.05) is 0 Å². The van der Waals surface area contributed by atoms with E-state index in [1.165, 1.54) is 36.5 Å². The Balaban J connectivity index is 2.05. The maximum absolute atomic E-state index is 12.7. The number of carbonyl (C=O) groups excluding carboxylic acids is 1. The minimum Gasteiger partial charge on any atom is -0.507 e. The lowest BCUT2D eigenvalue weighted by Gasteiger charge is -2.04. The molecule has 0 atom stereocenters. The minimum atomic E-state index is -0.510. The van der Waals surface area contributed by atoms with Gasteiger partial charge in [-0.15, -0.1) is 0 Å². The maximum Gasteiger partial charge on any atom is 0.275 e. The van der Waals surface area contributed by atoms with Gasteiger partial charge in [-0.3, -0.25) is 4.79 Å². The number of hydrazone groups is 1. The van der Waals surface area contributed by atoms with Gasteiger partial charge in [0.05, 0.1) is 11.8 Å². The summed E-state index contributed by atoms with van der Waals surface area (Å²) in [4.78, 5) is 11.8. The SMILES string of the molecule is Cc1cccc(C(=O)N/N=C\c2ccc(F)cc2)c1O. The number of rotatable bonds is 3. The zero-order valence-electron chi connectivity index (χ0n) is 10.8. The smallest absolute Gasteiger partial charge is 0.275 e. The van der Waals surface area contributed by atoms with Gasteiger partial charge in [-0.05, 0) is 36.2 Å². The van der Waals surface area contributed by atoms with Crippen LogP contribution in [0.3, 0.4) is 0 Å². The van der Waals surface area contributed by atoms with Gasteiger partial charge < -0.3 is 5.11 Å². The Labute approximate surface area is 115 Å². The highest BCUT2D eigenvalue weighted by atomic mass is 19.1. The normalized spacial score (nSPS) is 10.7. The van der Waals surface area contributed by atoms with E-state index in [4.69, 9.17) is 0 Å². The first-order chi connectivity index (χ1) is 9.58. The number of phenols is 1. The first-order valence-corrected chi connectivity index (χ1v) is 5.95. The molecular formula is C15H13FN2O2. The van der Waals surface area contributed by atoms with Crippen molar-refractivity contribution in [3.8, 4) is 5.75 Å². The van der Waals surface area contributed by atoms with E-state index in [0.29, 0.717) is 11.1 Å². The van der Waals surface area contributed by atoms with Gasteiger partial charge in [-0.25, -0.2) is 9.82 Å². The highest BCUT2D eigenvalue weighted by Crippen LogP contribution is 2.20. The van der Waals surface area contributed by atoms with Crippen LogP contribution in [0.2, 0.25) is 0 Å². The molecule has 1 amide bonds. The molecule has 2 aromatic rings. The van der Waals surface area contributed by atoms with Crippen molar-refractivity contribution < 1.29 is 14.3 Å². The maximum atomic E-state index is 12.7. The molecule has 0 aliphatic carbocycles. The highest BCUT2D eigenvalue weighted by molar-refractivity contribution is 5.97. The summed E-state index contributed by atoms with van der Waals surface area (Å²) < 4.78 is 12.7. The second-order valence-electron chi connectivity index (χ2n) is 4.22. The summed E-state index contributed by atoms with van der Waals surface area (Å²) in [5.74, 6) is -0.914. The van der Waals surface area contributed by atoms with Crippen LogP contribution >= 0.6 is 0 Å². The van der Waals surface area contributed by atoms with Crippen molar-refractivity contribution in [1.29, 1.82) is 0 Å². The Kier molecular flexibility index (Phi) is 4.10. The second-order valence-corrected chi connectivity index (χ2v) is 4.22. The molecule has 0 bridgehead atoms. The van der Waals surface area contributed by atoms with E-state index >= 15 is 0 Å². The quantitative estimate of drug-likeness (QED) is 0.666. The molecule has 0 aliphatic heterocycles. The Morgan fingerprint density at radius 2 is 1.95 bits per heavy atom. The average molecular weight is 272 g/mol. The molecule has 0 unspecified atom stereocenters. The van der Waals surface area contributed by atoms with Crippen LogP contribution in [0.1, 0.15) is 21.5 Å². The Hall–Kier alpha value is -2.69. The third-order valence-corrected chi connectivity index (χ3v) is 2.73. The molecule has 0 saturated carbocycles. The average Bonchev–Trinajstić information content (AvgIpc) is 2.44. The molecular weight excluding hydrogens is 259 g/mol. The number of carbonyl (C=O) groups is 1. The summed E-state index contributed by atoms with van der Waals surface area (Å²) in [6, 6.07) is 10.6. The van der Waals surface area contributed by atoms with E-state index in [1.54, 1.807) is 19.1 Å². The number of aromatic hydroxyl groups is 1. The third kappa shape index (κ3) is 3.20. The number of nitrogens with zero attached hydrogens (tertiary/aromatic N) is 1. The van der Waals surface area contributed by atoms with E-state index < -0.39 is 5.91 Å². The molecule has 0 radical (unpaired) electrons. The summed E-state index contributed by atoms with van der Waals surface area (Å²) >= 11 is 0. The molecule has 20 heavy (non-hydrogen) atoms. The summed E-state index contributed by atoms with van der Waals surface area (Å²) in [5.41, 5.74) is 3.72. The number of para-hydroxylation sites is 1. The number of phenolic OH excluding ortho intramolecular Hbond substituents is 1. The molecule has 0 spiro atoms. The molecule has 2 rings (SSSR count). The van der Waals surface area contributed by atoms with Gasteiger partial charge in [0.15, 0.2) is 0 Å². The second kappa shape index (κ2) is 5.97. The molecule has 102 valence electrons. The Bertz CT molecular complexity index is 651. The number of halogens is 1. The molecule has 4 nitrogen and oxygen atoms in total. The number of nitrogens with one attached hydrogen (secondary N) is 1. The lowest BCUT2D eigenvalue weighted by molar-refractivity contribution is 0.0952. The molecule has 0 aromatic heterocycles. The number of hydrogen-bond donors (Lipinski definition) is 2. The van der Waals surface area contributed by atoms with Gasteiger partial charge in [0.2, 0.25) is 0 Å². The summed E-state index contributed by atoms with van der Waals surface area (Å²) in [6.07, 6.45) is 1.39. The summed E-state index contributed by atoms with van der Waals surface area (Å²) in [6.45, 7) is 1.70. The van der Waals surface area contributed by atoms with E-state index in [2.05, 4.69) is 10.5 Å². The fourth-order valence-corrected chi connectivity index (χ4v) is 1.62. The lowest BCUT2D eigenvalue weighted by atomic mass is 10.1. The van der Waals surface area contributed by atoms with Gasteiger partial charge in [0.25, 0.3) is 5.91 Å². The molecule has 5 heteroatoms. The van der Waals surface area contributed by atoms with Crippen LogP contribution in [0.15, 0.2) is 47.6 Å². The van der Waals surface area contributed by atoms with E-state index in [9.17, 15) is 14.3 Å².